The van der Waals surface area contributed by atoms with Crippen molar-refractivity contribution in [3.63, 3.8) is 0 Å². The zero-order valence-corrected chi connectivity index (χ0v) is 13.4. The lowest BCUT2D eigenvalue weighted by Gasteiger charge is -2.32. The molecule has 1 aromatic heterocycles. The topological polar surface area (TPSA) is 54.5 Å². The number of nitrogens with one attached hydrogen (secondary N) is 1. The molecule has 1 amide bonds. The number of amides is 1. The van der Waals surface area contributed by atoms with Crippen LogP contribution in [0.4, 0.5) is 5.69 Å². The standard InChI is InChI=1S/C17H18ClN3O2/c18-14-5-3-13(4-6-14)16-11-21(8-9-23-16)12-17(22)20-15-2-1-7-19-10-15/h1-7,10,16H,8-9,11-12H2,(H,20,22)/t16-/m0/s1. The van der Waals surface area contributed by atoms with Crippen LogP contribution in [0.2, 0.25) is 5.02 Å². The first-order valence-corrected chi connectivity index (χ1v) is 7.88. The Morgan fingerprint density at radius 2 is 2.17 bits per heavy atom. The summed E-state index contributed by atoms with van der Waals surface area (Å²) >= 11 is 5.92. The fourth-order valence-electron chi connectivity index (χ4n) is 2.57. The van der Waals surface area contributed by atoms with Gasteiger partial charge in [0.15, 0.2) is 0 Å². The highest BCUT2D eigenvalue weighted by Gasteiger charge is 2.23. The number of pyridine rings is 1. The number of nitrogens with zero attached hydrogens (tertiary/aromatic N) is 2. The number of anilines is 1. The molecule has 2 heterocycles. The predicted octanol–water partition coefficient (Wildman–Crippen LogP) is 2.75. The number of ether oxygens (including phenoxy) is 1. The Bertz CT molecular complexity index is 649. The highest BCUT2D eigenvalue weighted by Crippen LogP contribution is 2.23. The number of aromatic nitrogens is 1. The summed E-state index contributed by atoms with van der Waals surface area (Å²) in [7, 11) is 0. The summed E-state index contributed by atoms with van der Waals surface area (Å²) in [6.07, 6.45) is 3.27. The number of hydrogen-bond donors (Lipinski definition) is 1. The second-order valence-electron chi connectivity index (χ2n) is 5.44. The Labute approximate surface area is 140 Å². The summed E-state index contributed by atoms with van der Waals surface area (Å²) in [5.41, 5.74) is 1.78. The van der Waals surface area contributed by atoms with E-state index in [1.165, 1.54) is 0 Å². The molecule has 23 heavy (non-hydrogen) atoms. The smallest absolute Gasteiger partial charge is 0.238 e. The molecule has 120 valence electrons. The third-order valence-corrected chi connectivity index (χ3v) is 3.96. The lowest BCUT2D eigenvalue weighted by molar-refractivity contribution is -0.119. The van der Waals surface area contributed by atoms with Gasteiger partial charge in [0.05, 0.1) is 31.1 Å². The van der Waals surface area contributed by atoms with Gasteiger partial charge < -0.3 is 10.1 Å². The van der Waals surface area contributed by atoms with E-state index in [2.05, 4.69) is 15.2 Å². The van der Waals surface area contributed by atoms with Crippen molar-refractivity contribution in [2.75, 3.05) is 31.6 Å². The molecule has 0 radical (unpaired) electrons. The van der Waals surface area contributed by atoms with E-state index in [1.54, 1.807) is 18.5 Å². The van der Waals surface area contributed by atoms with Crippen LogP contribution in [0.1, 0.15) is 11.7 Å². The van der Waals surface area contributed by atoms with E-state index in [0.717, 1.165) is 12.1 Å². The average Bonchev–Trinajstić information content (AvgIpc) is 2.56. The zero-order chi connectivity index (χ0) is 16.1. The summed E-state index contributed by atoms with van der Waals surface area (Å²) in [6.45, 7) is 2.36. The van der Waals surface area contributed by atoms with Crippen molar-refractivity contribution in [3.05, 3.63) is 59.4 Å². The third-order valence-electron chi connectivity index (χ3n) is 3.70. The minimum atomic E-state index is -0.0465. The zero-order valence-electron chi connectivity index (χ0n) is 12.6. The summed E-state index contributed by atoms with van der Waals surface area (Å²) in [5.74, 6) is -0.0465. The third kappa shape index (κ3) is 4.51. The second-order valence-corrected chi connectivity index (χ2v) is 5.87. The molecule has 3 rings (SSSR count). The van der Waals surface area contributed by atoms with Crippen molar-refractivity contribution >= 4 is 23.2 Å². The van der Waals surface area contributed by atoms with Crippen molar-refractivity contribution in [2.24, 2.45) is 0 Å². The lowest BCUT2D eigenvalue weighted by Crippen LogP contribution is -2.42. The maximum absolute atomic E-state index is 12.1. The van der Waals surface area contributed by atoms with Gasteiger partial charge in [0.2, 0.25) is 5.91 Å². The number of carbonyl (C=O) groups excluding carboxylic acids is 1. The molecule has 1 atom stereocenters. The van der Waals surface area contributed by atoms with E-state index in [0.29, 0.717) is 30.4 Å². The van der Waals surface area contributed by atoms with Gasteiger partial charge in [0.25, 0.3) is 0 Å². The Kier molecular flexibility index (Phi) is 5.23. The van der Waals surface area contributed by atoms with Gasteiger partial charge in [-0.1, -0.05) is 23.7 Å². The minimum Gasteiger partial charge on any atom is -0.371 e. The Hall–Kier alpha value is -1.95. The van der Waals surface area contributed by atoms with Gasteiger partial charge in [-0.05, 0) is 29.8 Å². The molecule has 5 nitrogen and oxygen atoms in total. The molecule has 1 fully saturated rings. The maximum atomic E-state index is 12.1. The molecule has 1 aliphatic rings. The monoisotopic (exact) mass is 331 g/mol. The van der Waals surface area contributed by atoms with Crippen LogP contribution in [-0.2, 0) is 9.53 Å². The number of morpholine rings is 1. The van der Waals surface area contributed by atoms with E-state index in [9.17, 15) is 4.79 Å². The fourth-order valence-corrected chi connectivity index (χ4v) is 2.69. The van der Waals surface area contributed by atoms with Gasteiger partial charge in [0, 0.05) is 24.3 Å². The fraction of sp³-hybridized carbons (Fsp3) is 0.294. The van der Waals surface area contributed by atoms with Crippen LogP contribution in [0.15, 0.2) is 48.8 Å². The summed E-state index contributed by atoms with van der Waals surface area (Å²) in [5, 5.41) is 3.56. The van der Waals surface area contributed by atoms with Crippen LogP contribution >= 0.6 is 11.6 Å². The molecule has 1 saturated heterocycles. The Morgan fingerprint density at radius 1 is 1.35 bits per heavy atom. The predicted molar refractivity (Wildman–Crippen MR) is 89.5 cm³/mol. The summed E-state index contributed by atoms with van der Waals surface area (Å²) in [6, 6.07) is 11.3. The molecule has 2 aromatic rings. The largest absolute Gasteiger partial charge is 0.371 e. The van der Waals surface area contributed by atoms with Crippen molar-refractivity contribution in [3.8, 4) is 0 Å². The minimum absolute atomic E-state index is 0.0350. The van der Waals surface area contributed by atoms with Gasteiger partial charge in [-0.15, -0.1) is 0 Å². The van der Waals surface area contributed by atoms with Crippen LogP contribution < -0.4 is 5.32 Å². The van der Waals surface area contributed by atoms with Crippen LogP contribution in [0.5, 0.6) is 0 Å². The van der Waals surface area contributed by atoms with Crippen molar-refractivity contribution in [1.82, 2.24) is 9.88 Å². The number of rotatable bonds is 4. The normalized spacial score (nSPS) is 18.6. The molecule has 6 heteroatoms. The van der Waals surface area contributed by atoms with Gasteiger partial charge in [-0.3, -0.25) is 14.7 Å². The molecular formula is C17H18ClN3O2. The molecule has 0 spiro atoms. The molecule has 0 unspecified atom stereocenters. The SMILES string of the molecule is O=C(CN1CCO[C@H](c2ccc(Cl)cc2)C1)Nc1cccnc1. The van der Waals surface area contributed by atoms with Crippen molar-refractivity contribution in [2.45, 2.75) is 6.10 Å². The highest BCUT2D eigenvalue weighted by molar-refractivity contribution is 6.30. The number of halogens is 1. The molecular weight excluding hydrogens is 314 g/mol. The maximum Gasteiger partial charge on any atom is 0.238 e. The first-order valence-electron chi connectivity index (χ1n) is 7.50. The molecule has 0 saturated carbocycles. The van der Waals surface area contributed by atoms with Crippen LogP contribution in [-0.4, -0.2) is 42.0 Å². The van der Waals surface area contributed by atoms with E-state index in [1.807, 2.05) is 30.3 Å². The van der Waals surface area contributed by atoms with Crippen LogP contribution in [0, 0.1) is 0 Å². The van der Waals surface area contributed by atoms with Crippen molar-refractivity contribution in [1.29, 1.82) is 0 Å². The van der Waals surface area contributed by atoms with E-state index in [-0.39, 0.29) is 12.0 Å². The Balaban J connectivity index is 1.56. The molecule has 1 N–H and O–H groups in total. The molecule has 1 aromatic carbocycles. The van der Waals surface area contributed by atoms with Crippen LogP contribution in [0.25, 0.3) is 0 Å². The van der Waals surface area contributed by atoms with E-state index < -0.39 is 0 Å². The summed E-state index contributed by atoms with van der Waals surface area (Å²) < 4.78 is 5.81. The number of benzene rings is 1. The van der Waals surface area contributed by atoms with Crippen LogP contribution in [0.3, 0.4) is 0 Å². The van der Waals surface area contributed by atoms with Gasteiger partial charge in [-0.2, -0.15) is 0 Å². The van der Waals surface area contributed by atoms with Crippen molar-refractivity contribution < 1.29 is 9.53 Å². The first kappa shape index (κ1) is 15.9. The van der Waals surface area contributed by atoms with E-state index >= 15 is 0 Å². The molecule has 0 bridgehead atoms. The van der Waals surface area contributed by atoms with Gasteiger partial charge >= 0.3 is 0 Å². The van der Waals surface area contributed by atoms with Gasteiger partial charge in [-0.25, -0.2) is 0 Å². The quantitative estimate of drug-likeness (QED) is 0.936. The average molecular weight is 332 g/mol. The lowest BCUT2D eigenvalue weighted by atomic mass is 10.1. The van der Waals surface area contributed by atoms with E-state index in [4.69, 9.17) is 16.3 Å². The first-order chi connectivity index (χ1) is 11.2. The second kappa shape index (κ2) is 7.55. The molecule has 0 aliphatic carbocycles. The molecule has 1 aliphatic heterocycles. The van der Waals surface area contributed by atoms with Gasteiger partial charge in [0.1, 0.15) is 0 Å². The number of hydrogen-bond acceptors (Lipinski definition) is 4. The number of carbonyl (C=O) groups is 1. The summed E-state index contributed by atoms with van der Waals surface area (Å²) in [4.78, 5) is 18.2. The Morgan fingerprint density at radius 3 is 2.91 bits per heavy atom. The highest BCUT2D eigenvalue weighted by atomic mass is 35.5.